The maximum atomic E-state index is 5.35. The summed E-state index contributed by atoms with van der Waals surface area (Å²) in [5.41, 5.74) is 2.69. The van der Waals surface area contributed by atoms with Crippen molar-refractivity contribution in [3.63, 3.8) is 0 Å². The molecular formula is C13H17N3O3S. The predicted molar refractivity (Wildman–Crippen MR) is 78.0 cm³/mol. The van der Waals surface area contributed by atoms with E-state index < -0.39 is 0 Å². The smallest absolute Gasteiger partial charge is 0.205 e. The molecule has 1 atom stereocenters. The molecular weight excluding hydrogens is 278 g/mol. The molecule has 0 aliphatic carbocycles. The lowest BCUT2D eigenvalue weighted by Crippen LogP contribution is -2.07. The zero-order chi connectivity index (χ0) is 14.5. The summed E-state index contributed by atoms with van der Waals surface area (Å²) in [7, 11) is 4.79. The summed E-state index contributed by atoms with van der Waals surface area (Å²) in [6.07, 6.45) is 0. The Balaban J connectivity index is 2.31. The Morgan fingerprint density at radius 3 is 2.20 bits per heavy atom. The highest BCUT2D eigenvalue weighted by Gasteiger charge is 2.16. The minimum Gasteiger partial charge on any atom is -0.493 e. The number of rotatable bonds is 6. The molecule has 1 heterocycles. The minimum absolute atomic E-state index is 0.0386. The predicted octanol–water partition coefficient (Wildman–Crippen LogP) is 2.74. The van der Waals surface area contributed by atoms with E-state index in [2.05, 4.69) is 15.5 Å². The topological polar surface area (TPSA) is 65.5 Å². The van der Waals surface area contributed by atoms with Crippen LogP contribution in [0, 0.1) is 0 Å². The van der Waals surface area contributed by atoms with Gasteiger partial charge < -0.3 is 19.5 Å². The van der Waals surface area contributed by atoms with Crippen molar-refractivity contribution in [1.29, 1.82) is 0 Å². The summed E-state index contributed by atoms with van der Waals surface area (Å²) in [4.78, 5) is 0. The third-order valence-corrected chi connectivity index (χ3v) is 3.51. The summed E-state index contributed by atoms with van der Waals surface area (Å²) in [5.74, 6) is 1.85. The van der Waals surface area contributed by atoms with Crippen molar-refractivity contribution in [2.45, 2.75) is 13.0 Å². The molecule has 0 saturated carbocycles. The SMILES string of the molecule is COc1cc(C(C)Nc2nncs2)cc(OC)c1OC. The lowest BCUT2D eigenvalue weighted by molar-refractivity contribution is 0.323. The fourth-order valence-corrected chi connectivity index (χ4v) is 2.39. The van der Waals surface area contributed by atoms with Crippen molar-refractivity contribution in [2.24, 2.45) is 0 Å². The lowest BCUT2D eigenvalue weighted by Gasteiger charge is -2.18. The van der Waals surface area contributed by atoms with Crippen LogP contribution < -0.4 is 19.5 Å². The van der Waals surface area contributed by atoms with E-state index in [9.17, 15) is 0 Å². The first kappa shape index (κ1) is 14.4. The number of anilines is 1. The maximum Gasteiger partial charge on any atom is 0.205 e. The monoisotopic (exact) mass is 295 g/mol. The number of methoxy groups -OCH3 is 3. The largest absolute Gasteiger partial charge is 0.493 e. The number of benzene rings is 1. The van der Waals surface area contributed by atoms with E-state index in [1.807, 2.05) is 19.1 Å². The van der Waals surface area contributed by atoms with Crippen LogP contribution in [0.3, 0.4) is 0 Å². The molecule has 2 rings (SSSR count). The minimum atomic E-state index is 0.0386. The molecule has 2 aromatic rings. The Morgan fingerprint density at radius 1 is 1.10 bits per heavy atom. The third kappa shape index (κ3) is 2.93. The van der Waals surface area contributed by atoms with Crippen LogP contribution >= 0.6 is 11.3 Å². The first-order valence-electron chi connectivity index (χ1n) is 6.02. The quantitative estimate of drug-likeness (QED) is 0.884. The highest BCUT2D eigenvalue weighted by atomic mass is 32.1. The Morgan fingerprint density at radius 2 is 1.75 bits per heavy atom. The maximum absolute atomic E-state index is 5.35. The van der Waals surface area contributed by atoms with Gasteiger partial charge in [-0.05, 0) is 24.6 Å². The van der Waals surface area contributed by atoms with Crippen molar-refractivity contribution in [1.82, 2.24) is 10.2 Å². The van der Waals surface area contributed by atoms with Gasteiger partial charge in [-0.1, -0.05) is 11.3 Å². The summed E-state index contributed by atoms with van der Waals surface area (Å²) in [5, 5.41) is 11.8. The lowest BCUT2D eigenvalue weighted by atomic mass is 10.1. The molecule has 1 aromatic heterocycles. The molecule has 0 bridgehead atoms. The fourth-order valence-electron chi connectivity index (χ4n) is 1.86. The van der Waals surface area contributed by atoms with Crippen LogP contribution in [0.15, 0.2) is 17.6 Å². The zero-order valence-corrected chi connectivity index (χ0v) is 12.7. The van der Waals surface area contributed by atoms with Gasteiger partial charge in [-0.2, -0.15) is 0 Å². The van der Waals surface area contributed by atoms with Gasteiger partial charge in [-0.15, -0.1) is 10.2 Å². The molecule has 7 heteroatoms. The second-order valence-corrected chi connectivity index (χ2v) is 4.90. The fraction of sp³-hybridized carbons (Fsp3) is 0.385. The van der Waals surface area contributed by atoms with Gasteiger partial charge in [0.2, 0.25) is 10.9 Å². The molecule has 0 aliphatic rings. The number of ether oxygens (including phenoxy) is 3. The summed E-state index contributed by atoms with van der Waals surface area (Å²) in [6.45, 7) is 2.03. The first-order chi connectivity index (χ1) is 9.69. The molecule has 0 fully saturated rings. The highest BCUT2D eigenvalue weighted by Crippen LogP contribution is 2.40. The molecule has 1 unspecified atom stereocenters. The Bertz CT molecular complexity index is 535. The van der Waals surface area contributed by atoms with Crippen molar-refractivity contribution in [3.05, 3.63) is 23.2 Å². The molecule has 0 amide bonds. The second-order valence-electron chi connectivity index (χ2n) is 4.07. The van der Waals surface area contributed by atoms with Crippen molar-refractivity contribution in [3.8, 4) is 17.2 Å². The summed E-state index contributed by atoms with van der Waals surface area (Å²) >= 11 is 1.45. The van der Waals surface area contributed by atoms with E-state index in [1.165, 1.54) is 11.3 Å². The molecule has 6 nitrogen and oxygen atoms in total. The van der Waals surface area contributed by atoms with E-state index in [0.29, 0.717) is 17.2 Å². The van der Waals surface area contributed by atoms with Crippen LogP contribution in [0.1, 0.15) is 18.5 Å². The van der Waals surface area contributed by atoms with Crippen LogP contribution in [0.4, 0.5) is 5.13 Å². The molecule has 108 valence electrons. The van der Waals surface area contributed by atoms with Crippen molar-refractivity contribution < 1.29 is 14.2 Å². The van der Waals surface area contributed by atoms with E-state index in [1.54, 1.807) is 26.8 Å². The normalized spacial score (nSPS) is 11.8. The Hall–Kier alpha value is -2.02. The molecule has 1 aromatic carbocycles. The number of hydrogen-bond acceptors (Lipinski definition) is 7. The summed E-state index contributed by atoms with van der Waals surface area (Å²) < 4.78 is 16.0. The molecule has 0 aliphatic heterocycles. The standard InChI is InChI=1S/C13H17N3O3S/c1-8(15-13-16-14-7-20-13)9-5-10(17-2)12(19-4)11(6-9)18-3/h5-8H,1-4H3,(H,15,16). The molecule has 0 spiro atoms. The average molecular weight is 295 g/mol. The number of hydrogen-bond donors (Lipinski definition) is 1. The van der Waals surface area contributed by atoms with E-state index in [0.717, 1.165) is 10.7 Å². The number of nitrogens with zero attached hydrogens (tertiary/aromatic N) is 2. The van der Waals surface area contributed by atoms with Gasteiger partial charge in [0.15, 0.2) is 11.5 Å². The van der Waals surface area contributed by atoms with Crippen LogP contribution in [-0.4, -0.2) is 31.5 Å². The number of aromatic nitrogens is 2. The van der Waals surface area contributed by atoms with Crippen LogP contribution in [0.2, 0.25) is 0 Å². The van der Waals surface area contributed by atoms with Gasteiger partial charge in [0.05, 0.1) is 27.4 Å². The van der Waals surface area contributed by atoms with Crippen molar-refractivity contribution >= 4 is 16.5 Å². The third-order valence-electron chi connectivity index (χ3n) is 2.89. The molecule has 1 N–H and O–H groups in total. The highest BCUT2D eigenvalue weighted by molar-refractivity contribution is 7.13. The van der Waals surface area contributed by atoms with Gasteiger partial charge in [0.25, 0.3) is 0 Å². The van der Waals surface area contributed by atoms with Gasteiger partial charge in [-0.3, -0.25) is 0 Å². The Labute approximate surface area is 121 Å². The number of nitrogens with one attached hydrogen (secondary N) is 1. The van der Waals surface area contributed by atoms with Crippen LogP contribution in [-0.2, 0) is 0 Å². The Kier molecular flexibility index (Phi) is 4.62. The van der Waals surface area contributed by atoms with Gasteiger partial charge in [0.1, 0.15) is 5.51 Å². The van der Waals surface area contributed by atoms with Crippen LogP contribution in [0.25, 0.3) is 0 Å². The molecule has 20 heavy (non-hydrogen) atoms. The van der Waals surface area contributed by atoms with Gasteiger partial charge >= 0.3 is 0 Å². The van der Waals surface area contributed by atoms with E-state index in [4.69, 9.17) is 14.2 Å². The van der Waals surface area contributed by atoms with E-state index in [-0.39, 0.29) is 6.04 Å². The molecule has 0 saturated heterocycles. The molecule has 0 radical (unpaired) electrons. The van der Waals surface area contributed by atoms with Gasteiger partial charge in [0, 0.05) is 0 Å². The van der Waals surface area contributed by atoms with Crippen molar-refractivity contribution in [2.75, 3.05) is 26.6 Å². The van der Waals surface area contributed by atoms with Crippen LogP contribution in [0.5, 0.6) is 17.2 Å². The zero-order valence-electron chi connectivity index (χ0n) is 11.8. The van der Waals surface area contributed by atoms with Gasteiger partial charge in [-0.25, -0.2) is 0 Å². The average Bonchev–Trinajstić information content (AvgIpc) is 2.98. The van der Waals surface area contributed by atoms with E-state index >= 15 is 0 Å². The second kappa shape index (κ2) is 6.42. The first-order valence-corrected chi connectivity index (χ1v) is 6.90. The summed E-state index contributed by atoms with van der Waals surface area (Å²) in [6, 6.07) is 3.87.